The first-order valence-electron chi connectivity index (χ1n) is 9.85. The Hall–Kier alpha value is -2.07. The Kier molecular flexibility index (Phi) is 9.99. The van der Waals surface area contributed by atoms with Gasteiger partial charge in [0.2, 0.25) is 0 Å². The molecule has 0 amide bonds. The fourth-order valence-corrected chi connectivity index (χ4v) is 2.62. The molecule has 1 nitrogen and oxygen atoms in total. The van der Waals surface area contributed by atoms with Crippen molar-refractivity contribution in [2.75, 3.05) is 0 Å². The molecule has 0 aromatic rings. The Bertz CT molecular complexity index is 1110. The molecule has 0 bridgehead atoms. The normalized spacial score (nSPS) is 17.8. The van der Waals surface area contributed by atoms with E-state index >= 15 is 0 Å². The highest BCUT2D eigenvalue weighted by Gasteiger charge is 3.01. The van der Waals surface area contributed by atoms with Crippen molar-refractivity contribution in [2.24, 2.45) is 0 Å². The van der Waals surface area contributed by atoms with Crippen LogP contribution in [0.2, 0.25) is 0 Å². The highest BCUT2D eigenvalue weighted by atomic mass is 19.4. The van der Waals surface area contributed by atoms with Crippen LogP contribution < -0.4 is 0 Å². The Morgan fingerprint density at radius 2 is 0.391 bits per heavy atom. The number of aliphatic hydroxyl groups is 1. The average molecular weight is 764 g/mol. The molecular formula is C16H5F29O. The summed E-state index contributed by atoms with van der Waals surface area (Å²) in [5, 5.41) is 8.29. The summed E-state index contributed by atoms with van der Waals surface area (Å²) in [7, 11) is 0. The molecule has 0 aliphatic heterocycles. The van der Waals surface area contributed by atoms with Crippen molar-refractivity contribution in [2.45, 2.75) is 96.2 Å². The van der Waals surface area contributed by atoms with Crippen molar-refractivity contribution < 1.29 is 132 Å². The number of alkyl halides is 29. The summed E-state index contributed by atoms with van der Waals surface area (Å²) >= 11 is 0. The van der Waals surface area contributed by atoms with Crippen molar-refractivity contribution in [1.82, 2.24) is 0 Å². The van der Waals surface area contributed by atoms with Crippen LogP contribution >= 0.6 is 0 Å². The van der Waals surface area contributed by atoms with Gasteiger partial charge >= 0.3 is 83.2 Å². The molecule has 0 aliphatic rings. The highest BCUT2D eigenvalue weighted by Crippen LogP contribution is 2.69. The van der Waals surface area contributed by atoms with Gasteiger partial charge in [0, 0.05) is 0 Å². The first kappa shape index (κ1) is 43.9. The summed E-state index contributed by atoms with van der Waals surface area (Å²) in [5.41, 5.74) is 0. The fourth-order valence-electron chi connectivity index (χ4n) is 2.62. The van der Waals surface area contributed by atoms with Crippen LogP contribution in [0.1, 0.15) is 6.92 Å². The lowest BCUT2D eigenvalue weighted by atomic mass is 9.83. The first-order valence-corrected chi connectivity index (χ1v) is 9.85. The maximum atomic E-state index is 13.7. The minimum absolute atomic E-state index is 0.768. The molecule has 0 heterocycles. The maximum absolute atomic E-state index is 13.7. The van der Waals surface area contributed by atoms with E-state index in [1.807, 2.05) is 0 Å². The summed E-state index contributed by atoms with van der Waals surface area (Å²) < 4.78 is 385. The smallest absolute Gasteiger partial charge is 0.387 e. The lowest BCUT2D eigenvalue weighted by Gasteiger charge is -2.46. The first-order chi connectivity index (χ1) is 19.2. The zero-order valence-electron chi connectivity index (χ0n) is 20.0. The van der Waals surface area contributed by atoms with Gasteiger partial charge in [0.15, 0.2) is 0 Å². The largest absolute Gasteiger partial charge is 0.460 e. The molecule has 278 valence electrons. The van der Waals surface area contributed by atoms with Gasteiger partial charge in [-0.05, 0) is 6.92 Å². The molecule has 30 heteroatoms. The third kappa shape index (κ3) is 4.80. The molecule has 1 unspecified atom stereocenters. The Balaban J connectivity index is 7.57. The Morgan fingerprint density at radius 1 is 0.261 bits per heavy atom. The molecule has 0 fully saturated rings. The van der Waals surface area contributed by atoms with Gasteiger partial charge < -0.3 is 5.11 Å². The van der Waals surface area contributed by atoms with Gasteiger partial charge in [-0.1, -0.05) is 0 Å². The molecule has 1 atom stereocenters. The third-order valence-corrected chi connectivity index (χ3v) is 5.64. The van der Waals surface area contributed by atoms with Crippen molar-refractivity contribution in [3.05, 3.63) is 0 Å². The number of rotatable bonds is 13. The van der Waals surface area contributed by atoms with Crippen LogP contribution in [0.3, 0.4) is 0 Å². The molecule has 46 heavy (non-hydrogen) atoms. The van der Waals surface area contributed by atoms with Crippen LogP contribution in [0.25, 0.3) is 0 Å². The third-order valence-electron chi connectivity index (χ3n) is 5.64. The summed E-state index contributed by atoms with van der Waals surface area (Å²) in [6, 6.07) is 0. The van der Waals surface area contributed by atoms with Gasteiger partial charge in [0.05, 0.1) is 0 Å². The number of halogens is 29. The van der Waals surface area contributed by atoms with Crippen LogP contribution in [-0.4, -0.2) is 94.4 Å². The predicted octanol–water partition coefficient (Wildman–Crippen LogP) is 9.19. The summed E-state index contributed by atoms with van der Waals surface area (Å²) in [4.78, 5) is 0. The molecule has 1 N–H and O–H groups in total. The summed E-state index contributed by atoms with van der Waals surface area (Å²) in [6.45, 7) is -0.768. The zero-order valence-corrected chi connectivity index (χ0v) is 20.0. The van der Waals surface area contributed by atoms with Crippen LogP contribution in [-0.2, 0) is 0 Å². The monoisotopic (exact) mass is 764 g/mol. The van der Waals surface area contributed by atoms with E-state index in [2.05, 4.69) is 0 Å². The molecular weight excluding hydrogens is 759 g/mol. The fraction of sp³-hybridized carbons (Fsp3) is 1.00. The summed E-state index contributed by atoms with van der Waals surface area (Å²) in [6.07, 6.45) is -12.7. The average Bonchev–Trinajstić information content (AvgIpc) is 2.81. The number of aliphatic hydroxyl groups excluding tert-OH is 1. The van der Waals surface area contributed by atoms with Gasteiger partial charge in [-0.25, -0.2) is 0 Å². The second-order valence-corrected chi connectivity index (χ2v) is 8.69. The minimum Gasteiger partial charge on any atom is -0.387 e. The molecule has 0 aromatic heterocycles. The lowest BCUT2D eigenvalue weighted by Crippen LogP contribution is -2.79. The summed E-state index contributed by atoms with van der Waals surface area (Å²) in [5.74, 6) is -121. The van der Waals surface area contributed by atoms with Gasteiger partial charge in [-0.2, -0.15) is 127 Å². The van der Waals surface area contributed by atoms with Crippen LogP contribution in [0.5, 0.6) is 0 Å². The molecule has 0 aromatic carbocycles. The molecule has 0 rings (SSSR count). The molecule has 0 saturated carbocycles. The van der Waals surface area contributed by atoms with E-state index in [4.69, 9.17) is 5.11 Å². The van der Waals surface area contributed by atoms with E-state index in [0.29, 0.717) is 0 Å². The Morgan fingerprint density at radius 3 is 0.522 bits per heavy atom. The van der Waals surface area contributed by atoms with Crippen LogP contribution in [0.4, 0.5) is 127 Å². The molecule has 0 spiro atoms. The Labute approximate surface area is 230 Å². The number of hydrogen-bond acceptors (Lipinski definition) is 1. The highest BCUT2D eigenvalue weighted by molar-refractivity contribution is 5.21. The number of hydrogen-bond donors (Lipinski definition) is 1. The van der Waals surface area contributed by atoms with E-state index in [1.165, 1.54) is 0 Å². The van der Waals surface area contributed by atoms with Crippen molar-refractivity contribution in [3.8, 4) is 0 Å². The van der Waals surface area contributed by atoms with Gasteiger partial charge in [-0.15, -0.1) is 0 Å². The topological polar surface area (TPSA) is 20.2 Å². The molecule has 0 radical (unpaired) electrons. The predicted molar refractivity (Wildman–Crippen MR) is 82.0 cm³/mol. The standard InChI is InChI=1S/C16H5F29O/c1-2(46)3(17,18)4(19,20)5(21,22)6(23,24)7(25,26)8(27,28)9(29,30)10(31,32)11(33,34)12(35,36)13(37,38)14(39,40)15(41,42)16(43,44)45/h2,46H,1H3. The second kappa shape index (κ2) is 10.5. The van der Waals surface area contributed by atoms with E-state index in [9.17, 15) is 127 Å². The maximum Gasteiger partial charge on any atom is 0.460 e. The quantitative estimate of drug-likeness (QED) is 0.186. The van der Waals surface area contributed by atoms with E-state index in [1.54, 1.807) is 0 Å². The van der Waals surface area contributed by atoms with E-state index in [0.717, 1.165) is 0 Å². The van der Waals surface area contributed by atoms with E-state index in [-0.39, 0.29) is 0 Å². The van der Waals surface area contributed by atoms with Crippen molar-refractivity contribution in [3.63, 3.8) is 0 Å². The van der Waals surface area contributed by atoms with Crippen LogP contribution in [0, 0.1) is 0 Å². The van der Waals surface area contributed by atoms with Crippen molar-refractivity contribution >= 4 is 0 Å². The second-order valence-electron chi connectivity index (χ2n) is 8.69. The van der Waals surface area contributed by atoms with Gasteiger partial charge in [-0.3, -0.25) is 0 Å². The molecule has 0 aliphatic carbocycles. The SMILES string of the molecule is CC(O)C(F)(F)C(F)(F)C(F)(F)C(F)(F)C(F)(F)C(F)(F)C(F)(F)C(F)(F)C(F)(F)C(F)(F)C(F)(F)C(F)(F)C(F)(F)C(F)(F)F. The zero-order chi connectivity index (χ0) is 38.6. The van der Waals surface area contributed by atoms with Crippen molar-refractivity contribution in [1.29, 1.82) is 0 Å². The molecule has 0 saturated heterocycles. The minimum atomic E-state index is -9.94. The van der Waals surface area contributed by atoms with E-state index < -0.39 is 96.2 Å². The van der Waals surface area contributed by atoms with Crippen LogP contribution in [0.15, 0.2) is 0 Å². The van der Waals surface area contributed by atoms with Gasteiger partial charge in [0.1, 0.15) is 6.10 Å². The van der Waals surface area contributed by atoms with Gasteiger partial charge in [0.25, 0.3) is 0 Å². The lowest BCUT2D eigenvalue weighted by molar-refractivity contribution is -0.487.